The summed E-state index contributed by atoms with van der Waals surface area (Å²) in [6.07, 6.45) is 1.06. The highest BCUT2D eigenvalue weighted by Crippen LogP contribution is 1.48. The van der Waals surface area contributed by atoms with Crippen LogP contribution in [0.4, 0.5) is 0 Å². The van der Waals surface area contributed by atoms with Crippen LogP contribution in [0, 0.1) is 0 Å². The van der Waals surface area contributed by atoms with Crippen molar-refractivity contribution in [3.63, 3.8) is 0 Å². The Morgan fingerprint density at radius 2 is 2.00 bits per heavy atom. The molecule has 0 aromatic carbocycles. The second-order valence-corrected chi connectivity index (χ2v) is 1.01. The molecule has 0 heterocycles. The van der Waals surface area contributed by atoms with E-state index in [9.17, 15) is 4.79 Å². The van der Waals surface area contributed by atoms with Crippen molar-refractivity contribution in [1.29, 1.82) is 0 Å². The van der Waals surface area contributed by atoms with Gasteiger partial charge in [-0.1, -0.05) is 13.5 Å². The van der Waals surface area contributed by atoms with Gasteiger partial charge in [-0.3, -0.25) is 4.79 Å². The maximum atomic E-state index is 9.47. The van der Waals surface area contributed by atoms with Crippen LogP contribution in [0.5, 0.6) is 0 Å². The summed E-state index contributed by atoms with van der Waals surface area (Å²) in [6, 6.07) is 0. The average molecular weight is 116 g/mol. The molecule has 0 saturated carbocycles. The molecule has 0 radical (unpaired) electrons. The lowest BCUT2D eigenvalue weighted by molar-refractivity contribution is -0.113. The second-order valence-electron chi connectivity index (χ2n) is 1.01. The van der Waals surface area contributed by atoms with Crippen LogP contribution in [0.1, 0.15) is 6.92 Å². The fourth-order valence-corrected chi connectivity index (χ4v) is 0. The maximum absolute atomic E-state index is 9.47. The summed E-state index contributed by atoms with van der Waals surface area (Å²) in [4.78, 5) is 9.47. The smallest absolute Gasteiger partial charge is 0.240 e. The van der Waals surface area contributed by atoms with Gasteiger partial charge in [0.05, 0.1) is 0 Å². The highest BCUT2D eigenvalue weighted by Gasteiger charge is 1.69. The van der Waals surface area contributed by atoms with E-state index < -0.39 is 5.91 Å². The summed E-state index contributed by atoms with van der Waals surface area (Å²) >= 11 is 0. The molecular formula is C5H12N2O. The first kappa shape index (κ1) is 10.2. The Morgan fingerprint density at radius 3 is 2.00 bits per heavy atom. The Bertz CT molecular complexity index is 70.8. The Labute approximate surface area is 49.4 Å². The van der Waals surface area contributed by atoms with E-state index in [1.807, 2.05) is 6.92 Å². The zero-order valence-electron chi connectivity index (χ0n) is 5.05. The topological polar surface area (TPSA) is 69.1 Å². The zero-order chi connectivity index (χ0) is 6.99. The molecule has 3 heteroatoms. The first-order valence-electron chi connectivity index (χ1n) is 2.31. The van der Waals surface area contributed by atoms with Gasteiger partial charge in [-0.25, -0.2) is 0 Å². The van der Waals surface area contributed by atoms with Crippen molar-refractivity contribution in [3.05, 3.63) is 12.7 Å². The minimum Gasteiger partial charge on any atom is -0.366 e. The number of rotatable bonds is 1. The van der Waals surface area contributed by atoms with E-state index in [1.165, 1.54) is 0 Å². The molecule has 0 unspecified atom stereocenters. The molecule has 8 heavy (non-hydrogen) atoms. The number of carbonyl (C=O) groups is 1. The minimum atomic E-state index is -0.481. The Morgan fingerprint density at radius 1 is 1.88 bits per heavy atom. The third-order valence-electron chi connectivity index (χ3n) is 0.201. The third kappa shape index (κ3) is 65.7. The summed E-state index contributed by atoms with van der Waals surface area (Å²) < 4.78 is 0. The van der Waals surface area contributed by atoms with Crippen molar-refractivity contribution in [2.45, 2.75) is 6.92 Å². The summed E-state index contributed by atoms with van der Waals surface area (Å²) in [7, 11) is 0. The number of amides is 1. The molecule has 0 aliphatic heterocycles. The van der Waals surface area contributed by atoms with E-state index in [0.717, 1.165) is 12.6 Å². The SMILES string of the molecule is C=CC(N)=O.CCN. The third-order valence-corrected chi connectivity index (χ3v) is 0.201. The first-order chi connectivity index (χ1) is 3.68. The lowest BCUT2D eigenvalue weighted by atomic mass is 10.6. The monoisotopic (exact) mass is 116 g/mol. The lowest BCUT2D eigenvalue weighted by Gasteiger charge is -1.65. The molecule has 0 atom stereocenters. The molecule has 0 aliphatic carbocycles. The fraction of sp³-hybridized carbons (Fsp3) is 0.400. The van der Waals surface area contributed by atoms with Gasteiger partial charge in [0.2, 0.25) is 5.91 Å². The molecule has 4 N–H and O–H groups in total. The number of hydrogen-bond donors (Lipinski definition) is 2. The van der Waals surface area contributed by atoms with Gasteiger partial charge in [0.25, 0.3) is 0 Å². The van der Waals surface area contributed by atoms with Gasteiger partial charge in [-0.2, -0.15) is 0 Å². The molecule has 0 aromatic heterocycles. The van der Waals surface area contributed by atoms with Crippen LogP contribution in [-0.4, -0.2) is 12.5 Å². The fourth-order valence-electron chi connectivity index (χ4n) is 0. The average Bonchev–Trinajstić information content (AvgIpc) is 1.69. The van der Waals surface area contributed by atoms with Gasteiger partial charge in [-0.15, -0.1) is 0 Å². The van der Waals surface area contributed by atoms with Gasteiger partial charge in [-0.05, 0) is 12.6 Å². The minimum absolute atomic E-state index is 0.481. The van der Waals surface area contributed by atoms with Crippen molar-refractivity contribution in [2.24, 2.45) is 11.5 Å². The van der Waals surface area contributed by atoms with E-state index in [2.05, 4.69) is 12.3 Å². The molecule has 0 saturated heterocycles. The van der Waals surface area contributed by atoms with E-state index in [0.29, 0.717) is 0 Å². The number of hydrogen-bond acceptors (Lipinski definition) is 2. The largest absolute Gasteiger partial charge is 0.366 e. The van der Waals surface area contributed by atoms with Crippen molar-refractivity contribution >= 4 is 5.91 Å². The number of carbonyl (C=O) groups excluding carboxylic acids is 1. The number of nitrogens with two attached hydrogens (primary N) is 2. The van der Waals surface area contributed by atoms with E-state index >= 15 is 0 Å². The van der Waals surface area contributed by atoms with Crippen molar-refractivity contribution in [3.8, 4) is 0 Å². The molecule has 0 aromatic rings. The predicted octanol–water partition coefficient (Wildman–Crippen LogP) is -0.377. The summed E-state index contributed by atoms with van der Waals surface area (Å²) in [5.74, 6) is -0.481. The molecule has 0 bridgehead atoms. The normalized spacial score (nSPS) is 6.25. The first-order valence-corrected chi connectivity index (χ1v) is 2.31. The van der Waals surface area contributed by atoms with E-state index in [1.54, 1.807) is 0 Å². The van der Waals surface area contributed by atoms with Crippen LogP contribution in [0.2, 0.25) is 0 Å². The van der Waals surface area contributed by atoms with Crippen molar-refractivity contribution in [1.82, 2.24) is 0 Å². The van der Waals surface area contributed by atoms with E-state index in [4.69, 9.17) is 5.73 Å². The van der Waals surface area contributed by atoms with Crippen LogP contribution in [0.3, 0.4) is 0 Å². The van der Waals surface area contributed by atoms with Crippen molar-refractivity contribution < 1.29 is 4.79 Å². The quantitative estimate of drug-likeness (QED) is 0.458. The zero-order valence-corrected chi connectivity index (χ0v) is 5.05. The van der Waals surface area contributed by atoms with Crippen LogP contribution in [0.15, 0.2) is 12.7 Å². The van der Waals surface area contributed by atoms with Crippen molar-refractivity contribution in [2.75, 3.05) is 6.54 Å². The second kappa shape index (κ2) is 9.48. The Kier molecular flexibility index (Phi) is 12.1. The van der Waals surface area contributed by atoms with Crippen LogP contribution in [-0.2, 0) is 4.79 Å². The number of primary amides is 1. The van der Waals surface area contributed by atoms with Gasteiger partial charge in [0.15, 0.2) is 0 Å². The molecule has 3 nitrogen and oxygen atoms in total. The summed E-state index contributed by atoms with van der Waals surface area (Å²) in [5, 5.41) is 0. The summed E-state index contributed by atoms with van der Waals surface area (Å²) in [5.41, 5.74) is 9.38. The summed E-state index contributed by atoms with van der Waals surface area (Å²) in [6.45, 7) is 5.74. The highest BCUT2D eigenvalue weighted by atomic mass is 16.1. The maximum Gasteiger partial charge on any atom is 0.240 e. The van der Waals surface area contributed by atoms with Gasteiger partial charge in [0, 0.05) is 0 Å². The van der Waals surface area contributed by atoms with Crippen LogP contribution >= 0.6 is 0 Å². The van der Waals surface area contributed by atoms with Gasteiger partial charge in [0.1, 0.15) is 0 Å². The Balaban J connectivity index is 0. The van der Waals surface area contributed by atoms with Crippen LogP contribution < -0.4 is 11.5 Å². The lowest BCUT2D eigenvalue weighted by Crippen LogP contribution is -2.04. The van der Waals surface area contributed by atoms with Crippen LogP contribution in [0.25, 0.3) is 0 Å². The highest BCUT2D eigenvalue weighted by molar-refractivity contribution is 5.84. The van der Waals surface area contributed by atoms with Gasteiger partial charge >= 0.3 is 0 Å². The molecule has 1 amide bonds. The predicted molar refractivity (Wildman–Crippen MR) is 34.1 cm³/mol. The molecular weight excluding hydrogens is 104 g/mol. The molecule has 48 valence electrons. The van der Waals surface area contributed by atoms with E-state index in [-0.39, 0.29) is 0 Å². The molecule has 0 aliphatic rings. The molecule has 0 spiro atoms. The van der Waals surface area contributed by atoms with Gasteiger partial charge < -0.3 is 11.5 Å². The standard InChI is InChI=1S/C3H5NO.C2H7N/c1-2-3(4)5;1-2-3/h2H,1H2,(H2,4,5);2-3H2,1H3. The Hall–Kier alpha value is -0.830. The molecule has 0 rings (SSSR count). The molecule has 0 fully saturated rings.